The number of fused-ring (bicyclic) bond motifs is 1. The number of ether oxygens (including phenoxy) is 3. The zero-order chi connectivity index (χ0) is 40.3. The van der Waals surface area contributed by atoms with Gasteiger partial charge in [0.15, 0.2) is 5.82 Å². The summed E-state index contributed by atoms with van der Waals surface area (Å²) in [6.45, 7) is 5.04. The molecule has 0 bridgehead atoms. The van der Waals surface area contributed by atoms with Gasteiger partial charge in [-0.15, -0.1) is 0 Å². The first-order chi connectivity index (χ1) is 28.1. The predicted octanol–water partition coefficient (Wildman–Crippen LogP) is 6.21. The lowest BCUT2D eigenvalue weighted by atomic mass is 10.1. The minimum absolute atomic E-state index is 0. The first-order valence-corrected chi connectivity index (χ1v) is 20.1. The molecule has 3 heterocycles. The van der Waals surface area contributed by atoms with Crippen LogP contribution in [0, 0.1) is 17.7 Å². The smallest absolute Gasteiger partial charge is 0.407 e. The van der Waals surface area contributed by atoms with E-state index in [1.165, 1.54) is 41.0 Å². The number of hydrogen-bond acceptors (Lipinski definition) is 9. The monoisotopic (exact) mass is 800 g/mol. The molecule has 58 heavy (non-hydrogen) atoms. The molecule has 2 N–H and O–H groups in total. The van der Waals surface area contributed by atoms with Gasteiger partial charge in [0.2, 0.25) is 0 Å². The van der Waals surface area contributed by atoms with Crippen molar-refractivity contribution in [1.29, 1.82) is 0 Å². The largest absolute Gasteiger partial charge is 0.493 e. The second kappa shape index (κ2) is 16.8. The molecule has 2 saturated heterocycles. The number of methoxy groups -OCH3 is 1. The second-order valence-electron chi connectivity index (χ2n) is 15.5. The van der Waals surface area contributed by atoms with Crippen LogP contribution in [0.2, 0.25) is 0 Å². The van der Waals surface area contributed by atoms with Gasteiger partial charge in [0.1, 0.15) is 17.3 Å². The highest BCUT2D eigenvalue weighted by molar-refractivity contribution is 6.03. The molecule has 15 nitrogen and oxygen atoms in total. The molecule has 5 amide bonds. The summed E-state index contributed by atoms with van der Waals surface area (Å²) in [4.78, 5) is 64.6. The van der Waals surface area contributed by atoms with Crippen LogP contribution in [0.15, 0.2) is 71.5 Å². The number of hydrogen-bond donors (Lipinski definition) is 2. The number of alkyl carbamates (subject to hydrolysis) is 1. The Kier molecular flexibility index (Phi) is 11.2. The van der Waals surface area contributed by atoms with Gasteiger partial charge in [-0.05, 0) is 99.4 Å². The summed E-state index contributed by atoms with van der Waals surface area (Å²) in [5, 5.41) is 7.98. The van der Waals surface area contributed by atoms with Crippen molar-refractivity contribution in [3.63, 3.8) is 0 Å². The van der Waals surface area contributed by atoms with Crippen LogP contribution in [-0.2, 0) is 4.74 Å². The quantitative estimate of drug-likeness (QED) is 0.171. The van der Waals surface area contributed by atoms with Gasteiger partial charge in [0.25, 0.3) is 5.56 Å². The molecule has 0 spiro atoms. The van der Waals surface area contributed by atoms with Crippen LogP contribution < -0.4 is 35.6 Å². The Balaban J connectivity index is 0.00000302. The van der Waals surface area contributed by atoms with E-state index in [1.807, 2.05) is 30.1 Å². The number of halogens is 1. The summed E-state index contributed by atoms with van der Waals surface area (Å²) in [6, 6.07) is 16.3. The Morgan fingerprint density at radius 2 is 1.60 bits per heavy atom. The molecule has 8 rings (SSSR count). The highest BCUT2D eigenvalue weighted by Gasteiger charge is 2.36. The number of urea groups is 2. The van der Waals surface area contributed by atoms with Crippen LogP contribution in [0.5, 0.6) is 11.5 Å². The van der Waals surface area contributed by atoms with Crippen molar-refractivity contribution >= 4 is 40.4 Å². The average molecular weight is 801 g/mol. The number of likely N-dealkylation sites (tertiary alicyclic amines) is 1. The summed E-state index contributed by atoms with van der Waals surface area (Å²) in [5.74, 6) is 1.90. The fraction of sp³-hybridized carbons (Fsp3) is 0.452. The van der Waals surface area contributed by atoms with Crippen LogP contribution in [0.1, 0.15) is 53.7 Å². The van der Waals surface area contributed by atoms with Gasteiger partial charge in [-0.3, -0.25) is 9.69 Å². The van der Waals surface area contributed by atoms with E-state index in [0.29, 0.717) is 110 Å². The number of anilines is 2. The van der Waals surface area contributed by atoms with Crippen molar-refractivity contribution in [2.45, 2.75) is 51.1 Å². The van der Waals surface area contributed by atoms with E-state index in [9.17, 15) is 23.6 Å². The normalized spacial score (nSPS) is 18.5. The van der Waals surface area contributed by atoms with Crippen molar-refractivity contribution < 1.29 is 35.8 Å². The van der Waals surface area contributed by atoms with Crippen molar-refractivity contribution in [2.75, 3.05) is 74.8 Å². The number of carbonyl (C=O) groups is 3. The number of benzene rings is 3. The van der Waals surface area contributed by atoms with E-state index in [4.69, 9.17) is 19.2 Å². The molecular formula is C42H53FN8O7. The Bertz CT molecular complexity index is 2220. The number of carbonyl (C=O) groups excluding carboxylic acids is 3. The Hall–Kier alpha value is -6.06. The summed E-state index contributed by atoms with van der Waals surface area (Å²) in [7, 11) is 1.31. The summed E-state index contributed by atoms with van der Waals surface area (Å²) >= 11 is 0. The second-order valence-corrected chi connectivity index (χ2v) is 15.5. The van der Waals surface area contributed by atoms with E-state index in [0.717, 1.165) is 25.7 Å². The zero-order valence-corrected chi connectivity index (χ0v) is 32.8. The molecule has 0 radical (unpaired) electrons. The van der Waals surface area contributed by atoms with Gasteiger partial charge in [-0.25, -0.2) is 28.4 Å². The average Bonchev–Trinajstić information content (AvgIpc) is 4.19. The number of piperazine rings is 1. The van der Waals surface area contributed by atoms with Crippen LogP contribution >= 0.6 is 0 Å². The number of aromatic nitrogens is 2. The highest BCUT2D eigenvalue weighted by atomic mass is 19.1. The Morgan fingerprint density at radius 1 is 0.897 bits per heavy atom. The van der Waals surface area contributed by atoms with Gasteiger partial charge in [0, 0.05) is 40.8 Å². The topological polar surface area (TPSA) is 151 Å². The molecule has 2 aliphatic carbocycles. The standard InChI is InChI=1S/C42H49FN8O7.2H2/c1-27(50(40(53)44-31-13-11-30(43)12-14-31)36-16-15-33(57-25-28-7-8-28)23-37(36)58-26-29-9-10-29)38-46-35-6-4-3-5-34(35)39(52)51(38)49-21-19-47(20-22-49)42(55)48-18-17-32(24-48)45-41(54)56-2;;/h3-6,11-16,23,27-29,32H,7-10,17-22,24-26H2,1-2H3,(H,44,53)(H,45,54);2*1H. The van der Waals surface area contributed by atoms with Crippen LogP contribution in [-0.4, -0.2) is 103 Å². The first kappa shape index (κ1) is 38.8. The molecule has 4 aromatic rings. The Labute approximate surface area is 338 Å². The van der Waals surface area contributed by atoms with Gasteiger partial charge >= 0.3 is 18.2 Å². The summed E-state index contributed by atoms with van der Waals surface area (Å²) in [5.41, 5.74) is 0.984. The minimum atomic E-state index is -0.859. The van der Waals surface area contributed by atoms with Crippen LogP contribution in [0.4, 0.5) is 30.1 Å². The maximum atomic E-state index is 14.6. The van der Waals surface area contributed by atoms with E-state index in [1.54, 1.807) is 34.1 Å². The van der Waals surface area contributed by atoms with E-state index < -0.39 is 24.0 Å². The first-order valence-electron chi connectivity index (χ1n) is 20.1. The summed E-state index contributed by atoms with van der Waals surface area (Å²) in [6.07, 6.45) is 4.49. The summed E-state index contributed by atoms with van der Waals surface area (Å²) < 4.78 is 32.8. The minimum Gasteiger partial charge on any atom is -0.493 e. The lowest BCUT2D eigenvalue weighted by molar-refractivity contribution is 0.152. The third-order valence-corrected chi connectivity index (χ3v) is 11.2. The lowest BCUT2D eigenvalue weighted by Crippen LogP contribution is -2.58. The van der Waals surface area contributed by atoms with Crippen molar-refractivity contribution in [3.8, 4) is 11.5 Å². The Morgan fingerprint density at radius 3 is 2.31 bits per heavy atom. The molecular weight excluding hydrogens is 748 g/mol. The third kappa shape index (κ3) is 8.75. The number of nitrogens with one attached hydrogen (secondary N) is 2. The van der Waals surface area contributed by atoms with Gasteiger partial charge in [-0.2, -0.15) is 0 Å². The van der Waals surface area contributed by atoms with Crippen molar-refractivity contribution in [3.05, 3.63) is 88.7 Å². The fourth-order valence-electron chi connectivity index (χ4n) is 7.47. The van der Waals surface area contributed by atoms with Crippen molar-refractivity contribution in [2.24, 2.45) is 11.8 Å². The molecule has 4 fully saturated rings. The molecule has 310 valence electrons. The van der Waals surface area contributed by atoms with Gasteiger partial charge in [-0.1, -0.05) is 12.1 Å². The lowest BCUT2D eigenvalue weighted by Gasteiger charge is -2.40. The molecule has 4 aliphatic rings. The predicted molar refractivity (Wildman–Crippen MR) is 220 cm³/mol. The van der Waals surface area contributed by atoms with Gasteiger partial charge < -0.3 is 39.7 Å². The molecule has 3 aromatic carbocycles. The van der Waals surface area contributed by atoms with E-state index >= 15 is 0 Å². The molecule has 2 aliphatic heterocycles. The van der Waals surface area contributed by atoms with Crippen molar-refractivity contribution in [1.82, 2.24) is 24.8 Å². The van der Waals surface area contributed by atoms with E-state index in [-0.39, 0.29) is 20.5 Å². The number of nitrogens with zero attached hydrogens (tertiary/aromatic N) is 6. The van der Waals surface area contributed by atoms with E-state index in [2.05, 4.69) is 10.6 Å². The number of para-hydroxylation sites is 1. The number of rotatable bonds is 12. The SMILES string of the molecule is COC(=O)NC1CCN(C(=O)N2CCN(n3c(C(C)N(C(=O)Nc4ccc(F)cc4)c4ccc(OCC5CC5)cc4OCC4CC4)nc4ccccc4c3=O)CC2)C1.[HH].[HH]. The molecule has 2 unspecified atom stereocenters. The fourth-order valence-corrected chi connectivity index (χ4v) is 7.47. The molecule has 2 saturated carbocycles. The van der Waals surface area contributed by atoms with Crippen LogP contribution in [0.3, 0.4) is 0 Å². The highest BCUT2D eigenvalue weighted by Crippen LogP contribution is 2.40. The molecule has 1 aromatic heterocycles. The maximum Gasteiger partial charge on any atom is 0.407 e. The van der Waals surface area contributed by atoms with Crippen LogP contribution in [0.25, 0.3) is 10.9 Å². The molecule has 16 heteroatoms. The zero-order valence-electron chi connectivity index (χ0n) is 32.8. The molecule has 2 atom stereocenters. The van der Waals surface area contributed by atoms with Gasteiger partial charge in [0.05, 0.1) is 62.1 Å². The maximum absolute atomic E-state index is 14.6. The number of amides is 5. The third-order valence-electron chi connectivity index (χ3n) is 11.2.